The van der Waals surface area contributed by atoms with E-state index in [0.717, 1.165) is 4.47 Å². The maximum Gasteiger partial charge on any atom is 0.295 e. The van der Waals surface area contributed by atoms with Crippen LogP contribution in [-0.4, -0.2) is 4.92 Å². The number of nitrogens with zero attached hydrogens (tertiary/aromatic N) is 1. The first-order valence-corrected chi connectivity index (χ1v) is 4.96. The molecule has 0 amide bonds. The molecule has 0 heterocycles. The van der Waals surface area contributed by atoms with E-state index in [-0.39, 0.29) is 17.3 Å². The molecule has 0 radical (unpaired) electrons. The van der Waals surface area contributed by atoms with Gasteiger partial charge in [-0.15, -0.1) is 0 Å². The number of benzene rings is 1. The second kappa shape index (κ2) is 3.96. The van der Waals surface area contributed by atoms with Gasteiger partial charge in [-0.05, 0) is 18.1 Å². The molecule has 2 N–H and O–H groups in total. The van der Waals surface area contributed by atoms with Crippen LogP contribution in [0.4, 0.5) is 11.4 Å². The van der Waals surface area contributed by atoms with Crippen LogP contribution in [0.1, 0.15) is 25.3 Å². The zero-order chi connectivity index (χ0) is 10.9. The van der Waals surface area contributed by atoms with E-state index in [4.69, 9.17) is 5.73 Å². The summed E-state index contributed by atoms with van der Waals surface area (Å²) < 4.78 is 0.768. The van der Waals surface area contributed by atoms with Crippen molar-refractivity contribution in [3.05, 3.63) is 32.3 Å². The molecule has 0 saturated heterocycles. The van der Waals surface area contributed by atoms with Gasteiger partial charge in [-0.3, -0.25) is 10.1 Å². The number of anilines is 1. The van der Waals surface area contributed by atoms with Gasteiger partial charge in [-0.2, -0.15) is 0 Å². The lowest BCUT2D eigenvalue weighted by molar-refractivity contribution is -0.384. The molecule has 0 atom stereocenters. The normalized spacial score (nSPS) is 10.6. The Morgan fingerprint density at radius 2 is 2.07 bits per heavy atom. The zero-order valence-electron chi connectivity index (χ0n) is 7.95. The molecular formula is C9H11BrN2O2. The Balaban J connectivity index is 3.44. The number of rotatable bonds is 2. The third-order valence-electron chi connectivity index (χ3n) is 1.94. The van der Waals surface area contributed by atoms with Gasteiger partial charge in [0.1, 0.15) is 5.69 Å². The Hall–Kier alpha value is -1.10. The van der Waals surface area contributed by atoms with Gasteiger partial charge >= 0.3 is 0 Å². The molecule has 0 spiro atoms. The Bertz CT molecular complexity index is 377. The number of nitrogen functional groups attached to an aromatic ring is 1. The number of hydrogen-bond donors (Lipinski definition) is 1. The van der Waals surface area contributed by atoms with Crippen LogP contribution < -0.4 is 5.73 Å². The van der Waals surface area contributed by atoms with Crippen molar-refractivity contribution < 1.29 is 4.92 Å². The fourth-order valence-corrected chi connectivity index (χ4v) is 1.79. The van der Waals surface area contributed by atoms with Crippen LogP contribution in [-0.2, 0) is 0 Å². The van der Waals surface area contributed by atoms with Crippen LogP contribution in [0.2, 0.25) is 0 Å². The van der Waals surface area contributed by atoms with Crippen molar-refractivity contribution in [3.8, 4) is 0 Å². The summed E-state index contributed by atoms with van der Waals surface area (Å²) in [5, 5.41) is 10.8. The summed E-state index contributed by atoms with van der Waals surface area (Å²) in [6.07, 6.45) is 0. The largest absolute Gasteiger partial charge is 0.393 e. The molecule has 0 aliphatic heterocycles. The molecule has 0 bridgehead atoms. The Kier molecular flexibility index (Phi) is 3.10. The van der Waals surface area contributed by atoms with E-state index in [1.54, 1.807) is 12.1 Å². The Morgan fingerprint density at radius 3 is 2.50 bits per heavy atom. The quantitative estimate of drug-likeness (QED) is 0.504. The van der Waals surface area contributed by atoms with E-state index in [2.05, 4.69) is 15.9 Å². The predicted molar refractivity (Wildman–Crippen MR) is 59.3 cm³/mol. The third kappa shape index (κ3) is 2.04. The molecule has 5 heteroatoms. The van der Waals surface area contributed by atoms with Crippen LogP contribution in [0.3, 0.4) is 0 Å². The maximum atomic E-state index is 10.8. The first kappa shape index (κ1) is 11.0. The molecule has 0 unspecified atom stereocenters. The van der Waals surface area contributed by atoms with Crippen LogP contribution in [0.5, 0.6) is 0 Å². The van der Waals surface area contributed by atoms with Gasteiger partial charge in [0, 0.05) is 10.0 Å². The lowest BCUT2D eigenvalue weighted by Gasteiger charge is -2.08. The predicted octanol–water partition coefficient (Wildman–Crippen LogP) is 3.06. The van der Waals surface area contributed by atoms with Gasteiger partial charge in [0.2, 0.25) is 0 Å². The minimum atomic E-state index is -0.433. The first-order valence-electron chi connectivity index (χ1n) is 4.16. The smallest absolute Gasteiger partial charge is 0.295 e. The molecule has 0 aliphatic rings. The molecule has 1 aromatic rings. The van der Waals surface area contributed by atoms with E-state index < -0.39 is 4.92 Å². The van der Waals surface area contributed by atoms with Gasteiger partial charge < -0.3 is 5.73 Å². The summed E-state index contributed by atoms with van der Waals surface area (Å²) in [6, 6.07) is 3.28. The van der Waals surface area contributed by atoms with Crippen molar-refractivity contribution in [3.63, 3.8) is 0 Å². The molecule has 0 aromatic heterocycles. The van der Waals surface area contributed by atoms with E-state index in [0.29, 0.717) is 5.56 Å². The third-order valence-corrected chi connectivity index (χ3v) is 2.40. The highest BCUT2D eigenvalue weighted by Gasteiger charge is 2.20. The van der Waals surface area contributed by atoms with Crippen molar-refractivity contribution in [1.29, 1.82) is 0 Å². The first-order chi connectivity index (χ1) is 6.43. The molecule has 0 aliphatic carbocycles. The van der Waals surface area contributed by atoms with Gasteiger partial charge in [0.15, 0.2) is 0 Å². The highest BCUT2D eigenvalue weighted by Crippen LogP contribution is 2.34. The lowest BCUT2D eigenvalue weighted by Crippen LogP contribution is -2.02. The summed E-state index contributed by atoms with van der Waals surface area (Å²) in [7, 11) is 0. The number of halogens is 1. The van der Waals surface area contributed by atoms with Gasteiger partial charge in [-0.1, -0.05) is 29.8 Å². The van der Waals surface area contributed by atoms with Crippen molar-refractivity contribution in [2.24, 2.45) is 0 Å². The highest BCUT2D eigenvalue weighted by atomic mass is 79.9. The van der Waals surface area contributed by atoms with Crippen LogP contribution in [0, 0.1) is 10.1 Å². The molecule has 1 aromatic carbocycles. The van der Waals surface area contributed by atoms with E-state index in [1.165, 1.54) is 0 Å². The van der Waals surface area contributed by atoms with Crippen molar-refractivity contribution in [1.82, 2.24) is 0 Å². The van der Waals surface area contributed by atoms with Gasteiger partial charge in [0.05, 0.1) is 4.92 Å². The van der Waals surface area contributed by atoms with Crippen LogP contribution >= 0.6 is 15.9 Å². The molecule has 76 valence electrons. The average molecular weight is 259 g/mol. The molecule has 0 saturated carbocycles. The molecular weight excluding hydrogens is 248 g/mol. The summed E-state index contributed by atoms with van der Waals surface area (Å²) in [4.78, 5) is 10.3. The van der Waals surface area contributed by atoms with E-state index >= 15 is 0 Å². The number of nitro groups is 1. The number of nitro benzene ring substituents is 1. The second-order valence-electron chi connectivity index (χ2n) is 3.34. The van der Waals surface area contributed by atoms with Crippen molar-refractivity contribution >= 4 is 27.3 Å². The summed E-state index contributed by atoms with van der Waals surface area (Å²) in [5.41, 5.74) is 6.46. The van der Waals surface area contributed by atoms with Crippen LogP contribution in [0.15, 0.2) is 16.6 Å². The molecule has 4 nitrogen and oxygen atoms in total. The second-order valence-corrected chi connectivity index (χ2v) is 4.26. The zero-order valence-corrected chi connectivity index (χ0v) is 9.54. The number of nitrogens with two attached hydrogens (primary N) is 1. The minimum absolute atomic E-state index is 0.0169. The summed E-state index contributed by atoms with van der Waals surface area (Å²) in [5.74, 6) is 0.0789. The summed E-state index contributed by atoms with van der Waals surface area (Å²) in [6.45, 7) is 3.79. The fraction of sp³-hybridized carbons (Fsp3) is 0.333. The SMILES string of the molecule is CC(C)c1cc(Br)cc(N)c1[N+](=O)[O-]. The fourth-order valence-electron chi connectivity index (χ4n) is 1.29. The van der Waals surface area contributed by atoms with Crippen molar-refractivity contribution in [2.75, 3.05) is 5.73 Å². The summed E-state index contributed by atoms with van der Waals surface area (Å²) >= 11 is 3.26. The molecule has 1 rings (SSSR count). The monoisotopic (exact) mass is 258 g/mol. The average Bonchev–Trinajstić information content (AvgIpc) is 2.01. The Labute approximate surface area is 90.4 Å². The maximum absolute atomic E-state index is 10.8. The molecule has 0 fully saturated rings. The molecule has 14 heavy (non-hydrogen) atoms. The van der Waals surface area contributed by atoms with E-state index in [1.807, 2.05) is 13.8 Å². The van der Waals surface area contributed by atoms with Crippen LogP contribution in [0.25, 0.3) is 0 Å². The minimum Gasteiger partial charge on any atom is -0.393 e. The topological polar surface area (TPSA) is 69.2 Å². The highest BCUT2D eigenvalue weighted by molar-refractivity contribution is 9.10. The lowest BCUT2D eigenvalue weighted by atomic mass is 10.0. The van der Waals surface area contributed by atoms with E-state index in [9.17, 15) is 10.1 Å². The van der Waals surface area contributed by atoms with Gasteiger partial charge in [-0.25, -0.2) is 0 Å². The Morgan fingerprint density at radius 1 is 1.50 bits per heavy atom. The number of hydrogen-bond acceptors (Lipinski definition) is 3. The standard InChI is InChI=1S/C9H11BrN2O2/c1-5(2)7-3-6(10)4-8(11)9(7)12(13)14/h3-5H,11H2,1-2H3. The van der Waals surface area contributed by atoms with Crippen molar-refractivity contribution in [2.45, 2.75) is 19.8 Å². The van der Waals surface area contributed by atoms with Gasteiger partial charge in [0.25, 0.3) is 5.69 Å².